The Morgan fingerprint density at radius 3 is 2.42 bits per heavy atom. The van der Waals surface area contributed by atoms with E-state index in [1.165, 1.54) is 0 Å². The van der Waals surface area contributed by atoms with Crippen LogP contribution in [0.4, 0.5) is 16.5 Å². The van der Waals surface area contributed by atoms with Crippen LogP contribution in [0.25, 0.3) is 11.3 Å². The summed E-state index contributed by atoms with van der Waals surface area (Å²) in [4.78, 5) is 16.0. The lowest BCUT2D eigenvalue weighted by Crippen LogP contribution is -2.08. The van der Waals surface area contributed by atoms with Crippen molar-refractivity contribution in [3.63, 3.8) is 0 Å². The predicted molar refractivity (Wildman–Crippen MR) is 103 cm³/mol. The number of aromatic nitrogens is 1. The van der Waals surface area contributed by atoms with Crippen molar-refractivity contribution in [1.29, 1.82) is 0 Å². The molecule has 3 aromatic rings. The van der Waals surface area contributed by atoms with Gasteiger partial charge in [0.05, 0.1) is 5.69 Å². The van der Waals surface area contributed by atoms with Gasteiger partial charge in [-0.1, -0.05) is 37.3 Å². The summed E-state index contributed by atoms with van der Waals surface area (Å²) >= 11 is 1.57. The van der Waals surface area contributed by atoms with Crippen LogP contribution >= 0.6 is 23.7 Å². The Morgan fingerprint density at radius 1 is 1.04 bits per heavy atom. The summed E-state index contributed by atoms with van der Waals surface area (Å²) in [5, 5.41) is 9.00. The number of anilines is 3. The van der Waals surface area contributed by atoms with Gasteiger partial charge in [0, 0.05) is 28.7 Å². The van der Waals surface area contributed by atoms with E-state index in [0.29, 0.717) is 6.42 Å². The van der Waals surface area contributed by atoms with Crippen LogP contribution in [0.2, 0.25) is 0 Å². The molecule has 2 N–H and O–H groups in total. The van der Waals surface area contributed by atoms with Crippen LogP contribution in [0.3, 0.4) is 0 Å². The smallest absolute Gasteiger partial charge is 0.224 e. The van der Waals surface area contributed by atoms with Gasteiger partial charge in [0.25, 0.3) is 0 Å². The molecule has 0 saturated carbocycles. The third-order valence-electron chi connectivity index (χ3n) is 3.31. The van der Waals surface area contributed by atoms with Gasteiger partial charge in [-0.05, 0) is 24.3 Å². The molecule has 124 valence electrons. The van der Waals surface area contributed by atoms with E-state index in [1.54, 1.807) is 11.3 Å². The molecule has 0 unspecified atom stereocenters. The van der Waals surface area contributed by atoms with Crippen molar-refractivity contribution in [3.05, 3.63) is 60.0 Å². The normalized spacial score (nSPS) is 9.88. The molecule has 4 nitrogen and oxygen atoms in total. The zero-order valence-electron chi connectivity index (χ0n) is 13.2. The molecule has 0 aliphatic rings. The van der Waals surface area contributed by atoms with Crippen LogP contribution < -0.4 is 10.6 Å². The molecule has 0 aliphatic carbocycles. The van der Waals surface area contributed by atoms with Gasteiger partial charge in [0.15, 0.2) is 5.13 Å². The highest BCUT2D eigenvalue weighted by Crippen LogP contribution is 2.27. The van der Waals surface area contributed by atoms with Gasteiger partial charge in [-0.2, -0.15) is 0 Å². The molecule has 0 radical (unpaired) electrons. The molecule has 2 aromatic carbocycles. The van der Waals surface area contributed by atoms with E-state index in [1.807, 2.05) is 66.9 Å². The fourth-order valence-electron chi connectivity index (χ4n) is 2.08. The standard InChI is InChI=1S/C18H17N3OS.ClH/c1-2-17(22)19-15-10-8-13(9-11-15)16-12-23-18(21-16)20-14-6-4-3-5-7-14;/h3-12H,2H2,1H3,(H,19,22)(H,20,21);1H. The lowest BCUT2D eigenvalue weighted by Gasteiger charge is -2.04. The molecule has 0 bridgehead atoms. The van der Waals surface area contributed by atoms with E-state index in [2.05, 4.69) is 15.6 Å². The summed E-state index contributed by atoms with van der Waals surface area (Å²) in [7, 11) is 0. The summed E-state index contributed by atoms with van der Waals surface area (Å²) in [6, 6.07) is 17.7. The maximum absolute atomic E-state index is 11.4. The van der Waals surface area contributed by atoms with E-state index in [9.17, 15) is 4.79 Å². The van der Waals surface area contributed by atoms with Crippen molar-refractivity contribution >= 4 is 46.2 Å². The fourth-order valence-corrected chi connectivity index (χ4v) is 2.82. The molecule has 6 heteroatoms. The number of carbonyl (C=O) groups is 1. The Morgan fingerprint density at radius 2 is 1.75 bits per heavy atom. The van der Waals surface area contributed by atoms with Crippen LogP contribution in [-0.2, 0) is 4.79 Å². The number of hydrogen-bond acceptors (Lipinski definition) is 4. The van der Waals surface area contributed by atoms with Gasteiger partial charge in [-0.15, -0.1) is 23.7 Å². The maximum Gasteiger partial charge on any atom is 0.224 e. The fraction of sp³-hybridized carbons (Fsp3) is 0.111. The number of rotatable bonds is 5. The third kappa shape index (κ3) is 4.57. The lowest BCUT2D eigenvalue weighted by molar-refractivity contribution is -0.115. The maximum atomic E-state index is 11.4. The van der Waals surface area contributed by atoms with Crippen LogP contribution in [0.1, 0.15) is 13.3 Å². The Balaban J connectivity index is 0.00000208. The van der Waals surface area contributed by atoms with Gasteiger partial charge in [0.2, 0.25) is 5.91 Å². The molecule has 1 amide bonds. The van der Waals surface area contributed by atoms with Crippen molar-refractivity contribution in [1.82, 2.24) is 4.98 Å². The molecule has 1 heterocycles. The van der Waals surface area contributed by atoms with Crippen LogP contribution in [0, 0.1) is 0 Å². The van der Waals surface area contributed by atoms with Crippen molar-refractivity contribution in [2.45, 2.75) is 13.3 Å². The first-order valence-electron chi connectivity index (χ1n) is 7.42. The van der Waals surface area contributed by atoms with Gasteiger partial charge in [-0.25, -0.2) is 4.98 Å². The summed E-state index contributed by atoms with van der Waals surface area (Å²) in [6.07, 6.45) is 0.475. The Hall–Kier alpha value is -2.37. The van der Waals surface area contributed by atoms with E-state index in [4.69, 9.17) is 0 Å². The molecule has 0 saturated heterocycles. The first-order valence-corrected chi connectivity index (χ1v) is 8.30. The average Bonchev–Trinajstić information content (AvgIpc) is 3.05. The largest absolute Gasteiger partial charge is 0.332 e. The monoisotopic (exact) mass is 359 g/mol. The topological polar surface area (TPSA) is 54.0 Å². The molecule has 3 rings (SSSR count). The van der Waals surface area contributed by atoms with Gasteiger partial charge < -0.3 is 10.6 Å². The number of carbonyl (C=O) groups excluding carboxylic acids is 1. The van der Waals surface area contributed by atoms with Crippen molar-refractivity contribution in [2.75, 3.05) is 10.6 Å². The number of nitrogens with zero attached hydrogens (tertiary/aromatic N) is 1. The molecule has 0 aliphatic heterocycles. The minimum atomic E-state index is 0. The van der Waals surface area contributed by atoms with Crippen LogP contribution in [0.5, 0.6) is 0 Å². The second kappa shape index (κ2) is 8.47. The molecular formula is C18H18ClN3OS. The average molecular weight is 360 g/mol. The van der Waals surface area contributed by atoms with Crippen molar-refractivity contribution in [2.24, 2.45) is 0 Å². The van der Waals surface area contributed by atoms with Crippen LogP contribution in [0.15, 0.2) is 60.0 Å². The quantitative estimate of drug-likeness (QED) is 0.647. The molecular weight excluding hydrogens is 342 g/mol. The highest BCUT2D eigenvalue weighted by molar-refractivity contribution is 7.14. The summed E-state index contributed by atoms with van der Waals surface area (Å²) in [5.41, 5.74) is 3.77. The van der Waals surface area contributed by atoms with Crippen molar-refractivity contribution < 1.29 is 4.79 Å². The predicted octanol–water partition coefficient (Wildman–Crippen LogP) is 5.32. The molecule has 1 aromatic heterocycles. The second-order valence-corrected chi connectivity index (χ2v) is 5.87. The first-order chi connectivity index (χ1) is 11.2. The Labute approximate surface area is 151 Å². The molecule has 0 fully saturated rings. The number of nitrogens with one attached hydrogen (secondary N) is 2. The van der Waals surface area contributed by atoms with Crippen LogP contribution in [-0.4, -0.2) is 10.9 Å². The number of amides is 1. The minimum absolute atomic E-state index is 0. The van der Waals surface area contributed by atoms with E-state index in [0.717, 1.165) is 27.8 Å². The summed E-state index contributed by atoms with van der Waals surface area (Å²) in [5.74, 6) is 0.0146. The third-order valence-corrected chi connectivity index (χ3v) is 4.07. The number of hydrogen-bond donors (Lipinski definition) is 2. The minimum Gasteiger partial charge on any atom is -0.332 e. The SMILES string of the molecule is CCC(=O)Nc1ccc(-c2csc(Nc3ccccc3)n2)cc1.Cl. The Bertz CT molecular complexity index is 788. The number of thiazole rings is 1. The zero-order chi connectivity index (χ0) is 16.1. The summed E-state index contributed by atoms with van der Waals surface area (Å²) in [6.45, 7) is 1.83. The number of para-hydroxylation sites is 1. The second-order valence-electron chi connectivity index (χ2n) is 5.01. The van der Waals surface area contributed by atoms with Gasteiger partial charge >= 0.3 is 0 Å². The molecule has 24 heavy (non-hydrogen) atoms. The first kappa shape index (κ1) is 18.0. The Kier molecular flexibility index (Phi) is 6.35. The molecule has 0 spiro atoms. The molecule has 0 atom stereocenters. The van der Waals surface area contributed by atoms with E-state index < -0.39 is 0 Å². The highest BCUT2D eigenvalue weighted by Gasteiger charge is 2.06. The lowest BCUT2D eigenvalue weighted by atomic mass is 10.1. The zero-order valence-corrected chi connectivity index (χ0v) is 14.8. The summed E-state index contributed by atoms with van der Waals surface area (Å²) < 4.78 is 0. The van der Waals surface area contributed by atoms with Gasteiger partial charge in [0.1, 0.15) is 0 Å². The van der Waals surface area contributed by atoms with E-state index >= 15 is 0 Å². The number of benzene rings is 2. The van der Waals surface area contributed by atoms with E-state index in [-0.39, 0.29) is 18.3 Å². The van der Waals surface area contributed by atoms with Crippen molar-refractivity contribution in [3.8, 4) is 11.3 Å². The highest BCUT2D eigenvalue weighted by atomic mass is 35.5. The number of halogens is 1. The van der Waals surface area contributed by atoms with Gasteiger partial charge in [-0.3, -0.25) is 4.79 Å².